The molecule has 0 aliphatic carbocycles. The Morgan fingerprint density at radius 3 is 2.18 bits per heavy atom. The van der Waals surface area contributed by atoms with Crippen molar-refractivity contribution in [1.82, 2.24) is 0 Å². The first-order valence-electron chi connectivity index (χ1n) is 2.84. The number of halogens is 4. The highest BCUT2D eigenvalue weighted by molar-refractivity contribution is 14.2. The topological polar surface area (TPSA) is 0 Å². The van der Waals surface area contributed by atoms with Crippen molar-refractivity contribution in [3.05, 3.63) is 35.4 Å². The van der Waals surface area contributed by atoms with Crippen molar-refractivity contribution in [1.29, 1.82) is 0 Å². The second kappa shape index (κ2) is 3.97. The second-order valence-corrected chi connectivity index (χ2v) is 6.85. The number of rotatable bonds is 1. The third-order valence-electron chi connectivity index (χ3n) is 1.20. The molecule has 11 heavy (non-hydrogen) atoms. The Balaban J connectivity index is 3.05. The molecule has 4 heteroatoms. The fourth-order valence-corrected chi connectivity index (χ4v) is 1.42. The molecule has 0 bridgehead atoms. The maximum atomic E-state index is 12.6. The van der Waals surface area contributed by atoms with Gasteiger partial charge in [-0.1, -0.05) is 51.2 Å². The molecule has 0 atom stereocenters. The molecule has 0 nitrogen and oxygen atoms in total. The summed E-state index contributed by atoms with van der Waals surface area (Å²) in [5.41, 5.74) is 0.796. The van der Waals surface area contributed by atoms with Crippen LogP contribution in [0.5, 0.6) is 0 Å². The van der Waals surface area contributed by atoms with Crippen LogP contribution >= 0.6 is 45.2 Å². The molecular formula is C7H4F2I2. The lowest BCUT2D eigenvalue weighted by Gasteiger charge is -2.01. The zero-order chi connectivity index (χ0) is 8.43. The summed E-state index contributed by atoms with van der Waals surface area (Å²) in [6.07, 6.45) is 0. The van der Waals surface area contributed by atoms with Crippen LogP contribution in [-0.2, 0) is 0 Å². The van der Waals surface area contributed by atoms with Crippen molar-refractivity contribution in [3.8, 4) is 0 Å². The van der Waals surface area contributed by atoms with Crippen molar-refractivity contribution in [2.24, 2.45) is 0 Å². The first kappa shape index (κ1) is 9.63. The summed E-state index contributed by atoms with van der Waals surface area (Å²) < 4.78 is 25.1. The Morgan fingerprint density at radius 2 is 1.73 bits per heavy atom. The van der Waals surface area contributed by atoms with E-state index in [0.29, 0.717) is 0 Å². The number of hydrogen-bond acceptors (Lipinski definition) is 0. The fraction of sp³-hybridized carbons (Fsp3) is 0.143. The molecule has 0 saturated heterocycles. The van der Waals surface area contributed by atoms with Crippen LogP contribution < -0.4 is 0 Å². The minimum atomic E-state index is -0.790. The van der Waals surface area contributed by atoms with Gasteiger partial charge in [-0.3, -0.25) is 0 Å². The Labute approximate surface area is 90.7 Å². The summed E-state index contributed by atoms with van der Waals surface area (Å²) >= 11 is 4.27. The molecule has 0 aliphatic heterocycles. The van der Waals surface area contributed by atoms with Gasteiger partial charge in [0.1, 0.15) is 0 Å². The van der Waals surface area contributed by atoms with E-state index in [1.54, 1.807) is 6.07 Å². The van der Waals surface area contributed by atoms with Crippen molar-refractivity contribution in [2.75, 3.05) is 0 Å². The van der Waals surface area contributed by atoms with Crippen molar-refractivity contribution < 1.29 is 8.78 Å². The summed E-state index contributed by atoms with van der Waals surface area (Å²) in [5.74, 6) is -1.57. The van der Waals surface area contributed by atoms with Gasteiger partial charge in [-0.2, -0.15) is 0 Å². The average Bonchev–Trinajstić information content (AvgIpc) is 1.94. The lowest BCUT2D eigenvalue weighted by Crippen LogP contribution is -1.86. The van der Waals surface area contributed by atoms with Crippen LogP contribution in [0.25, 0.3) is 0 Å². The van der Waals surface area contributed by atoms with Crippen LogP contribution in [0.4, 0.5) is 8.78 Å². The van der Waals surface area contributed by atoms with Crippen LogP contribution in [0.2, 0.25) is 0 Å². The van der Waals surface area contributed by atoms with E-state index in [0.717, 1.165) is 11.6 Å². The highest BCUT2D eigenvalue weighted by Crippen LogP contribution is 2.30. The summed E-state index contributed by atoms with van der Waals surface area (Å²) in [6, 6.07) is 3.95. The Kier molecular flexibility index (Phi) is 3.48. The molecule has 0 saturated carbocycles. The summed E-state index contributed by atoms with van der Waals surface area (Å²) in [5, 5.41) is 0. The van der Waals surface area contributed by atoms with E-state index in [4.69, 9.17) is 0 Å². The predicted molar refractivity (Wildman–Crippen MR) is 57.1 cm³/mol. The number of benzene rings is 1. The molecule has 0 heterocycles. The molecular weight excluding hydrogens is 376 g/mol. The van der Waals surface area contributed by atoms with E-state index in [1.165, 1.54) is 6.07 Å². The molecule has 1 aromatic carbocycles. The lowest BCUT2D eigenvalue weighted by atomic mass is 10.2. The van der Waals surface area contributed by atoms with Gasteiger partial charge in [-0.15, -0.1) is 0 Å². The fourth-order valence-electron chi connectivity index (χ4n) is 0.648. The van der Waals surface area contributed by atoms with Gasteiger partial charge in [-0.05, 0) is 17.7 Å². The number of alkyl halides is 2. The summed E-state index contributed by atoms with van der Waals surface area (Å²) in [7, 11) is 0. The summed E-state index contributed by atoms with van der Waals surface area (Å²) in [4.78, 5) is 0. The third-order valence-corrected chi connectivity index (χ3v) is 2.63. The van der Waals surface area contributed by atoms with Gasteiger partial charge in [-0.25, -0.2) is 8.78 Å². The minimum Gasteiger partial charge on any atom is -0.204 e. The monoisotopic (exact) mass is 380 g/mol. The summed E-state index contributed by atoms with van der Waals surface area (Å²) in [6.45, 7) is 0. The minimum absolute atomic E-state index is 0.181. The Morgan fingerprint density at radius 1 is 1.09 bits per heavy atom. The van der Waals surface area contributed by atoms with E-state index in [-0.39, 0.29) is 1.93 Å². The molecule has 0 aromatic heterocycles. The van der Waals surface area contributed by atoms with Crippen LogP contribution in [0, 0.1) is 11.6 Å². The third kappa shape index (κ3) is 2.50. The van der Waals surface area contributed by atoms with Gasteiger partial charge in [0, 0.05) is 0 Å². The standard InChI is InChI=1S/C7H4F2I2/c8-5-2-1-4(7(10)11)3-6(5)9/h1-3,7H. The SMILES string of the molecule is Fc1ccc(C(I)I)cc1F. The molecule has 1 aromatic rings. The lowest BCUT2D eigenvalue weighted by molar-refractivity contribution is 0.508. The van der Waals surface area contributed by atoms with Gasteiger partial charge in [0.25, 0.3) is 0 Å². The van der Waals surface area contributed by atoms with E-state index in [1.807, 2.05) is 0 Å². The first-order chi connectivity index (χ1) is 5.11. The smallest absolute Gasteiger partial charge is 0.159 e. The van der Waals surface area contributed by atoms with E-state index < -0.39 is 11.6 Å². The molecule has 0 aliphatic rings. The van der Waals surface area contributed by atoms with E-state index >= 15 is 0 Å². The Bertz CT molecular complexity index is 261. The molecule has 0 fully saturated rings. The van der Waals surface area contributed by atoms with Crippen molar-refractivity contribution in [3.63, 3.8) is 0 Å². The highest BCUT2D eigenvalue weighted by Gasteiger charge is 2.06. The van der Waals surface area contributed by atoms with Crippen LogP contribution in [0.3, 0.4) is 0 Å². The quantitative estimate of drug-likeness (QED) is 0.514. The van der Waals surface area contributed by atoms with E-state index in [2.05, 4.69) is 45.2 Å². The molecule has 0 spiro atoms. The van der Waals surface area contributed by atoms with Gasteiger partial charge in [0.2, 0.25) is 0 Å². The van der Waals surface area contributed by atoms with Crippen molar-refractivity contribution >= 4 is 45.2 Å². The molecule has 0 amide bonds. The molecule has 0 radical (unpaired) electrons. The normalized spacial score (nSPS) is 10.6. The maximum absolute atomic E-state index is 12.6. The largest absolute Gasteiger partial charge is 0.204 e. The van der Waals surface area contributed by atoms with Gasteiger partial charge < -0.3 is 0 Å². The van der Waals surface area contributed by atoms with Crippen LogP contribution in [-0.4, -0.2) is 0 Å². The van der Waals surface area contributed by atoms with Gasteiger partial charge >= 0.3 is 0 Å². The van der Waals surface area contributed by atoms with E-state index in [9.17, 15) is 8.78 Å². The molecule has 0 N–H and O–H groups in total. The maximum Gasteiger partial charge on any atom is 0.159 e. The van der Waals surface area contributed by atoms with Gasteiger partial charge in [0.05, 0.1) is 1.93 Å². The second-order valence-electron chi connectivity index (χ2n) is 1.97. The molecule has 0 unspecified atom stereocenters. The zero-order valence-corrected chi connectivity index (χ0v) is 9.64. The Hall–Kier alpha value is 0.540. The number of hydrogen-bond donors (Lipinski definition) is 0. The molecule has 60 valence electrons. The molecule has 1 rings (SSSR count). The highest BCUT2D eigenvalue weighted by atomic mass is 127. The van der Waals surface area contributed by atoms with Crippen LogP contribution in [0.1, 0.15) is 7.49 Å². The first-order valence-corrected chi connectivity index (χ1v) is 5.33. The zero-order valence-electron chi connectivity index (χ0n) is 5.32. The van der Waals surface area contributed by atoms with Gasteiger partial charge in [0.15, 0.2) is 11.6 Å². The van der Waals surface area contributed by atoms with Crippen molar-refractivity contribution in [2.45, 2.75) is 1.93 Å². The average molecular weight is 380 g/mol. The van der Waals surface area contributed by atoms with Crippen LogP contribution in [0.15, 0.2) is 18.2 Å². The predicted octanol–water partition coefficient (Wildman–Crippen LogP) is 3.83.